The largest absolute Gasteiger partial charge is 0.462 e. The van der Waals surface area contributed by atoms with Gasteiger partial charge in [-0.05, 0) is 25.2 Å². The number of unbranched alkanes of at least 4 members (excludes halogenated alkanes) is 37. The van der Waals surface area contributed by atoms with Gasteiger partial charge in [-0.1, -0.05) is 272 Å². The Hall–Kier alpha value is -1.59. The van der Waals surface area contributed by atoms with Crippen LogP contribution in [0.1, 0.15) is 310 Å². The first kappa shape index (κ1) is 59.4. The fraction of sp³-hybridized carbons (Fsp3) is 0.945. The molecule has 0 fully saturated rings. The van der Waals surface area contributed by atoms with Crippen molar-refractivity contribution in [1.82, 2.24) is 0 Å². The van der Waals surface area contributed by atoms with E-state index >= 15 is 0 Å². The van der Waals surface area contributed by atoms with Gasteiger partial charge in [0, 0.05) is 19.3 Å². The smallest absolute Gasteiger partial charge is 0.306 e. The number of carbonyl (C=O) groups is 3. The predicted molar refractivity (Wildman–Crippen MR) is 261 cm³/mol. The van der Waals surface area contributed by atoms with E-state index in [2.05, 4.69) is 27.7 Å². The molecule has 0 aromatic rings. The van der Waals surface area contributed by atoms with Crippen molar-refractivity contribution < 1.29 is 28.6 Å². The zero-order chi connectivity index (χ0) is 44.5. The lowest BCUT2D eigenvalue weighted by atomic mass is 10.0. The van der Waals surface area contributed by atoms with Crippen molar-refractivity contribution >= 4 is 17.9 Å². The maximum Gasteiger partial charge on any atom is 0.306 e. The van der Waals surface area contributed by atoms with Crippen LogP contribution < -0.4 is 0 Å². The standard InChI is InChI=1S/C55H106O6/c1-5-7-9-11-13-15-17-19-21-23-24-26-30-34-38-42-46-53(56)59-49-52(50-60-54(57)47-43-39-35-32-28-29-33-37-41-45-51(3)4)61-55(58)48-44-40-36-31-27-25-22-20-18-16-14-12-10-8-6-2/h51-52H,5-50H2,1-4H3/t52-/m1/s1. The van der Waals surface area contributed by atoms with E-state index in [-0.39, 0.29) is 31.1 Å². The van der Waals surface area contributed by atoms with Crippen molar-refractivity contribution in [1.29, 1.82) is 0 Å². The Kier molecular flexibility index (Phi) is 48.1. The third-order valence-corrected chi connectivity index (χ3v) is 12.5. The van der Waals surface area contributed by atoms with Crippen LogP contribution in [0.15, 0.2) is 0 Å². The molecule has 0 heterocycles. The third-order valence-electron chi connectivity index (χ3n) is 12.5. The summed E-state index contributed by atoms with van der Waals surface area (Å²) in [6.45, 7) is 9.02. The SMILES string of the molecule is CCCCCCCCCCCCCCCCCCC(=O)OC[C@H](COC(=O)CCCCCCCCCCCC(C)C)OC(=O)CCCCCCCCCCCCCCCCC. The second-order valence-electron chi connectivity index (χ2n) is 19.3. The highest BCUT2D eigenvalue weighted by Crippen LogP contribution is 2.17. The topological polar surface area (TPSA) is 78.9 Å². The highest BCUT2D eigenvalue weighted by molar-refractivity contribution is 5.71. The number of hydrogen-bond donors (Lipinski definition) is 0. The molecule has 0 aromatic carbocycles. The van der Waals surface area contributed by atoms with Crippen LogP contribution in [0.25, 0.3) is 0 Å². The number of esters is 3. The van der Waals surface area contributed by atoms with Crippen LogP contribution in [0.3, 0.4) is 0 Å². The van der Waals surface area contributed by atoms with Gasteiger partial charge in [-0.2, -0.15) is 0 Å². The molecule has 0 N–H and O–H groups in total. The van der Waals surface area contributed by atoms with Crippen LogP contribution >= 0.6 is 0 Å². The highest BCUT2D eigenvalue weighted by Gasteiger charge is 2.19. The third kappa shape index (κ3) is 49.3. The molecule has 362 valence electrons. The van der Waals surface area contributed by atoms with E-state index in [0.717, 1.165) is 63.7 Å². The lowest BCUT2D eigenvalue weighted by Crippen LogP contribution is -2.30. The van der Waals surface area contributed by atoms with Gasteiger partial charge in [-0.25, -0.2) is 0 Å². The molecule has 0 bridgehead atoms. The Labute approximate surface area is 380 Å². The first-order chi connectivity index (χ1) is 29.9. The molecule has 0 rings (SSSR count). The summed E-state index contributed by atoms with van der Waals surface area (Å²) in [5.74, 6) is -0.0321. The Balaban J connectivity index is 4.29. The van der Waals surface area contributed by atoms with E-state index in [1.165, 1.54) is 205 Å². The molecule has 0 aromatic heterocycles. The van der Waals surface area contributed by atoms with Crippen LogP contribution in [-0.4, -0.2) is 37.2 Å². The lowest BCUT2D eigenvalue weighted by molar-refractivity contribution is -0.167. The van der Waals surface area contributed by atoms with E-state index in [9.17, 15) is 14.4 Å². The van der Waals surface area contributed by atoms with E-state index < -0.39 is 6.10 Å². The summed E-state index contributed by atoms with van der Waals surface area (Å²) in [5.41, 5.74) is 0. The zero-order valence-electron chi connectivity index (χ0n) is 41.6. The van der Waals surface area contributed by atoms with Gasteiger partial charge in [0.2, 0.25) is 0 Å². The number of ether oxygens (including phenoxy) is 3. The summed E-state index contributed by atoms with van der Waals surface area (Å²) in [5, 5.41) is 0. The Morgan fingerprint density at radius 3 is 0.803 bits per heavy atom. The van der Waals surface area contributed by atoms with Crippen LogP contribution in [0, 0.1) is 5.92 Å². The van der Waals surface area contributed by atoms with Crippen molar-refractivity contribution in [2.75, 3.05) is 13.2 Å². The second kappa shape index (κ2) is 49.4. The molecule has 0 amide bonds. The average molecular weight is 863 g/mol. The van der Waals surface area contributed by atoms with Crippen LogP contribution in [-0.2, 0) is 28.6 Å². The van der Waals surface area contributed by atoms with E-state index in [1.807, 2.05) is 0 Å². The van der Waals surface area contributed by atoms with Crippen molar-refractivity contribution in [2.24, 2.45) is 5.92 Å². The lowest BCUT2D eigenvalue weighted by Gasteiger charge is -2.18. The molecule has 0 spiro atoms. The molecule has 6 heteroatoms. The molecule has 6 nitrogen and oxygen atoms in total. The van der Waals surface area contributed by atoms with Gasteiger partial charge in [0.1, 0.15) is 13.2 Å². The monoisotopic (exact) mass is 863 g/mol. The maximum atomic E-state index is 12.8. The summed E-state index contributed by atoms with van der Waals surface area (Å²) < 4.78 is 16.8. The minimum Gasteiger partial charge on any atom is -0.462 e. The fourth-order valence-electron chi connectivity index (χ4n) is 8.39. The molecule has 0 saturated heterocycles. The van der Waals surface area contributed by atoms with Gasteiger partial charge in [0.15, 0.2) is 6.10 Å². The normalized spacial score (nSPS) is 12.0. The van der Waals surface area contributed by atoms with Gasteiger partial charge >= 0.3 is 17.9 Å². The molecule has 0 aliphatic heterocycles. The molecule has 1 atom stereocenters. The summed E-state index contributed by atoms with van der Waals surface area (Å²) in [6.07, 6.45) is 52.3. The second-order valence-corrected chi connectivity index (χ2v) is 19.3. The van der Waals surface area contributed by atoms with Crippen molar-refractivity contribution in [3.8, 4) is 0 Å². The average Bonchev–Trinajstić information content (AvgIpc) is 3.24. The van der Waals surface area contributed by atoms with Gasteiger partial charge < -0.3 is 14.2 Å². The van der Waals surface area contributed by atoms with E-state index in [0.29, 0.717) is 19.3 Å². The van der Waals surface area contributed by atoms with Crippen LogP contribution in [0.2, 0.25) is 0 Å². The molecule has 0 aliphatic rings. The molecule has 0 aliphatic carbocycles. The van der Waals surface area contributed by atoms with Crippen molar-refractivity contribution in [3.63, 3.8) is 0 Å². The fourth-order valence-corrected chi connectivity index (χ4v) is 8.39. The van der Waals surface area contributed by atoms with Crippen molar-refractivity contribution in [3.05, 3.63) is 0 Å². The zero-order valence-corrected chi connectivity index (χ0v) is 41.6. The van der Waals surface area contributed by atoms with Gasteiger partial charge in [-0.3, -0.25) is 14.4 Å². The minimum atomic E-state index is -0.761. The molecular weight excluding hydrogens is 757 g/mol. The molecule has 0 radical (unpaired) electrons. The Bertz CT molecular complexity index is 918. The van der Waals surface area contributed by atoms with Crippen LogP contribution in [0.5, 0.6) is 0 Å². The molecule has 0 saturated carbocycles. The van der Waals surface area contributed by atoms with Crippen LogP contribution in [0.4, 0.5) is 0 Å². The number of rotatable bonds is 50. The van der Waals surface area contributed by atoms with Gasteiger partial charge in [0.05, 0.1) is 0 Å². The summed E-state index contributed by atoms with van der Waals surface area (Å²) in [7, 11) is 0. The highest BCUT2D eigenvalue weighted by atomic mass is 16.6. The summed E-state index contributed by atoms with van der Waals surface area (Å²) >= 11 is 0. The summed E-state index contributed by atoms with van der Waals surface area (Å²) in [4.78, 5) is 38.0. The quantitative estimate of drug-likeness (QED) is 0.0344. The van der Waals surface area contributed by atoms with Gasteiger partial charge in [0.25, 0.3) is 0 Å². The number of hydrogen-bond acceptors (Lipinski definition) is 6. The predicted octanol–water partition coefficient (Wildman–Crippen LogP) is 17.8. The first-order valence-corrected chi connectivity index (χ1v) is 27.4. The Morgan fingerprint density at radius 2 is 0.541 bits per heavy atom. The van der Waals surface area contributed by atoms with Crippen molar-refractivity contribution in [2.45, 2.75) is 316 Å². The summed E-state index contributed by atoms with van der Waals surface area (Å²) in [6, 6.07) is 0. The number of carbonyl (C=O) groups excluding carboxylic acids is 3. The van der Waals surface area contributed by atoms with E-state index in [1.54, 1.807) is 0 Å². The van der Waals surface area contributed by atoms with E-state index in [4.69, 9.17) is 14.2 Å². The molecular formula is C55H106O6. The maximum absolute atomic E-state index is 12.8. The van der Waals surface area contributed by atoms with Gasteiger partial charge in [-0.15, -0.1) is 0 Å². The minimum absolute atomic E-state index is 0.0625. The molecule has 61 heavy (non-hydrogen) atoms. The Morgan fingerprint density at radius 1 is 0.311 bits per heavy atom. The molecule has 0 unspecified atom stereocenters. The first-order valence-electron chi connectivity index (χ1n) is 27.4.